The Hall–Kier alpha value is -2.94. The quantitative estimate of drug-likeness (QED) is 0.363. The number of nitrogens with one attached hydrogen (secondary N) is 3. The molecule has 0 bridgehead atoms. The van der Waals surface area contributed by atoms with E-state index in [1.54, 1.807) is 20.9 Å². The van der Waals surface area contributed by atoms with Crippen LogP contribution in [0.25, 0.3) is 0 Å². The smallest absolute Gasteiger partial charge is 0.350 e. The number of hydrogen-bond acceptors (Lipinski definition) is 6. The number of hydrogen-bond donors (Lipinski definition) is 3. The number of benzene rings is 1. The molecule has 1 unspecified atom stereocenters. The molecule has 1 atom stereocenters. The molecule has 1 aromatic carbocycles. The monoisotopic (exact) mass is 417 g/mol. The van der Waals surface area contributed by atoms with E-state index in [1.165, 1.54) is 18.3 Å². The maximum absolute atomic E-state index is 12.0. The lowest BCUT2D eigenvalue weighted by molar-refractivity contribution is -0.114. The predicted octanol–water partition coefficient (Wildman–Crippen LogP) is 3.01. The van der Waals surface area contributed by atoms with Gasteiger partial charge in [0.1, 0.15) is 9.88 Å². The molecule has 3 N–H and O–H groups in total. The highest BCUT2D eigenvalue weighted by molar-refractivity contribution is 7.13. The summed E-state index contributed by atoms with van der Waals surface area (Å²) in [6.45, 7) is 7.88. The van der Waals surface area contributed by atoms with Crippen LogP contribution in [0, 0.1) is 6.92 Å². The van der Waals surface area contributed by atoms with Crippen LogP contribution in [0.2, 0.25) is 0 Å². The van der Waals surface area contributed by atoms with Gasteiger partial charge in [-0.2, -0.15) is 0 Å². The zero-order chi connectivity index (χ0) is 21.4. The van der Waals surface area contributed by atoms with E-state index >= 15 is 0 Å². The number of carbonyl (C=O) groups is 2. The third kappa shape index (κ3) is 6.56. The Bertz CT molecular complexity index is 894. The summed E-state index contributed by atoms with van der Waals surface area (Å²) >= 11 is 1.32. The number of aromatic nitrogens is 1. The Morgan fingerprint density at radius 1 is 1.34 bits per heavy atom. The molecule has 0 saturated heterocycles. The summed E-state index contributed by atoms with van der Waals surface area (Å²) in [6, 6.07) is 7.45. The fraction of sp³-hybridized carbons (Fsp3) is 0.400. The molecule has 9 heteroatoms. The van der Waals surface area contributed by atoms with Gasteiger partial charge in [-0.3, -0.25) is 9.79 Å². The highest BCUT2D eigenvalue weighted by atomic mass is 32.1. The molecule has 0 aliphatic heterocycles. The fourth-order valence-electron chi connectivity index (χ4n) is 2.60. The van der Waals surface area contributed by atoms with E-state index in [4.69, 9.17) is 4.74 Å². The lowest BCUT2D eigenvalue weighted by atomic mass is 10.2. The van der Waals surface area contributed by atoms with Gasteiger partial charge in [0, 0.05) is 26.2 Å². The number of esters is 1. The lowest BCUT2D eigenvalue weighted by Gasteiger charge is -2.16. The first kappa shape index (κ1) is 22.4. The van der Waals surface area contributed by atoms with Gasteiger partial charge >= 0.3 is 5.97 Å². The van der Waals surface area contributed by atoms with Crippen LogP contribution in [0.3, 0.4) is 0 Å². The first-order valence-corrected chi connectivity index (χ1v) is 10.1. The molecule has 29 heavy (non-hydrogen) atoms. The van der Waals surface area contributed by atoms with Crippen molar-refractivity contribution < 1.29 is 14.3 Å². The minimum Gasteiger partial charge on any atom is -0.462 e. The number of carbonyl (C=O) groups excluding carboxylic acids is 2. The Morgan fingerprint density at radius 3 is 2.76 bits per heavy atom. The fourth-order valence-corrected chi connectivity index (χ4v) is 3.56. The zero-order valence-electron chi connectivity index (χ0n) is 17.3. The molecule has 0 radical (unpaired) electrons. The third-order valence-corrected chi connectivity index (χ3v) is 5.25. The number of rotatable bonds is 7. The van der Waals surface area contributed by atoms with Crippen LogP contribution in [0.5, 0.6) is 0 Å². The highest BCUT2D eigenvalue weighted by Gasteiger charge is 2.20. The highest BCUT2D eigenvalue weighted by Crippen LogP contribution is 2.24. The molecule has 1 heterocycles. The summed E-state index contributed by atoms with van der Waals surface area (Å²) in [5, 5.41) is 10.1. The molecule has 156 valence electrons. The van der Waals surface area contributed by atoms with Crippen molar-refractivity contribution in [3.05, 3.63) is 45.4 Å². The van der Waals surface area contributed by atoms with Crippen LogP contribution in [0.15, 0.2) is 29.3 Å². The van der Waals surface area contributed by atoms with Crippen molar-refractivity contribution in [2.45, 2.75) is 40.3 Å². The van der Waals surface area contributed by atoms with E-state index in [0.29, 0.717) is 29.7 Å². The Morgan fingerprint density at radius 2 is 2.10 bits per heavy atom. The largest absolute Gasteiger partial charge is 0.462 e. The SMILES string of the molecule is CCOC(=O)c1sc(C(C)NC(=NC)NCc2cccc(NC(C)=O)c2)nc1C. The Labute approximate surface area is 174 Å². The minimum atomic E-state index is -0.345. The summed E-state index contributed by atoms with van der Waals surface area (Å²) in [7, 11) is 1.69. The second kappa shape index (κ2) is 10.6. The van der Waals surface area contributed by atoms with Crippen LogP contribution in [-0.4, -0.2) is 36.5 Å². The van der Waals surface area contributed by atoms with E-state index in [9.17, 15) is 9.59 Å². The summed E-state index contributed by atoms with van der Waals surface area (Å²) in [5.74, 6) is 0.151. The normalized spacial score (nSPS) is 12.2. The molecule has 8 nitrogen and oxygen atoms in total. The molecule has 0 spiro atoms. The average Bonchev–Trinajstić information content (AvgIpc) is 3.07. The van der Waals surface area contributed by atoms with Crippen molar-refractivity contribution in [1.29, 1.82) is 0 Å². The molecule has 0 saturated carbocycles. The van der Waals surface area contributed by atoms with Gasteiger partial charge in [0.25, 0.3) is 0 Å². The van der Waals surface area contributed by atoms with Gasteiger partial charge < -0.3 is 20.7 Å². The van der Waals surface area contributed by atoms with Gasteiger partial charge in [-0.15, -0.1) is 11.3 Å². The average molecular weight is 418 g/mol. The number of aryl methyl sites for hydroxylation is 1. The number of ether oxygens (including phenoxy) is 1. The molecule has 0 aliphatic rings. The van der Waals surface area contributed by atoms with Crippen molar-refractivity contribution in [3.8, 4) is 0 Å². The van der Waals surface area contributed by atoms with E-state index in [-0.39, 0.29) is 17.9 Å². The van der Waals surface area contributed by atoms with Gasteiger partial charge in [-0.25, -0.2) is 9.78 Å². The number of thiazole rings is 1. The number of anilines is 1. The molecular weight excluding hydrogens is 390 g/mol. The van der Waals surface area contributed by atoms with Crippen LogP contribution in [0.4, 0.5) is 5.69 Å². The number of amides is 1. The van der Waals surface area contributed by atoms with Crippen molar-refractivity contribution in [2.75, 3.05) is 19.0 Å². The van der Waals surface area contributed by atoms with E-state index in [2.05, 4.69) is 25.9 Å². The Balaban J connectivity index is 1.99. The second-order valence-electron chi connectivity index (χ2n) is 6.36. The van der Waals surface area contributed by atoms with Crippen LogP contribution < -0.4 is 16.0 Å². The van der Waals surface area contributed by atoms with Gasteiger partial charge in [0.2, 0.25) is 5.91 Å². The summed E-state index contributed by atoms with van der Waals surface area (Å²) in [6.07, 6.45) is 0. The minimum absolute atomic E-state index is 0.109. The number of aliphatic imine (C=N–C) groups is 1. The molecule has 1 amide bonds. The van der Waals surface area contributed by atoms with Crippen LogP contribution in [-0.2, 0) is 16.1 Å². The van der Waals surface area contributed by atoms with Gasteiger partial charge in [0.05, 0.1) is 18.3 Å². The van der Waals surface area contributed by atoms with Crippen molar-refractivity contribution in [1.82, 2.24) is 15.6 Å². The zero-order valence-corrected chi connectivity index (χ0v) is 18.1. The van der Waals surface area contributed by atoms with Crippen LogP contribution in [0.1, 0.15) is 52.7 Å². The van der Waals surface area contributed by atoms with Crippen molar-refractivity contribution in [3.63, 3.8) is 0 Å². The van der Waals surface area contributed by atoms with E-state index in [0.717, 1.165) is 16.3 Å². The first-order valence-electron chi connectivity index (χ1n) is 9.32. The van der Waals surface area contributed by atoms with Gasteiger partial charge in [-0.1, -0.05) is 12.1 Å². The topological polar surface area (TPSA) is 105 Å². The summed E-state index contributed by atoms with van der Waals surface area (Å²) in [5.41, 5.74) is 2.41. The molecule has 2 rings (SSSR count). The molecular formula is C20H27N5O3S. The maximum atomic E-state index is 12.0. The third-order valence-electron chi connectivity index (χ3n) is 3.93. The molecule has 1 aromatic heterocycles. The molecule has 0 aliphatic carbocycles. The van der Waals surface area contributed by atoms with Gasteiger partial charge in [-0.05, 0) is 38.5 Å². The molecule has 0 fully saturated rings. The van der Waals surface area contributed by atoms with Crippen LogP contribution >= 0.6 is 11.3 Å². The lowest BCUT2D eigenvalue weighted by Crippen LogP contribution is -2.38. The van der Waals surface area contributed by atoms with E-state index < -0.39 is 0 Å². The Kier molecular flexibility index (Phi) is 8.14. The first-order chi connectivity index (χ1) is 13.8. The second-order valence-corrected chi connectivity index (χ2v) is 7.39. The van der Waals surface area contributed by atoms with Crippen molar-refractivity contribution >= 4 is 34.9 Å². The van der Waals surface area contributed by atoms with Crippen molar-refractivity contribution in [2.24, 2.45) is 4.99 Å². The summed E-state index contributed by atoms with van der Waals surface area (Å²) < 4.78 is 5.07. The molecule has 2 aromatic rings. The summed E-state index contributed by atoms with van der Waals surface area (Å²) in [4.78, 5) is 32.5. The number of nitrogens with zero attached hydrogens (tertiary/aromatic N) is 2. The predicted molar refractivity (Wildman–Crippen MR) is 115 cm³/mol. The standard InChI is InChI=1S/C20H27N5O3S/c1-6-28-19(27)17-12(2)23-18(29-17)13(3)24-20(21-5)22-11-15-8-7-9-16(10-15)25-14(4)26/h7-10,13H,6,11H2,1-5H3,(H,25,26)(H2,21,22,24). The number of guanidine groups is 1. The van der Waals surface area contributed by atoms with Gasteiger partial charge in [0.15, 0.2) is 5.96 Å². The maximum Gasteiger partial charge on any atom is 0.350 e. The van der Waals surface area contributed by atoms with E-state index in [1.807, 2.05) is 31.2 Å².